The van der Waals surface area contributed by atoms with Crippen molar-refractivity contribution in [2.24, 2.45) is 0 Å². The Morgan fingerprint density at radius 1 is 1.36 bits per heavy atom. The molecule has 4 nitrogen and oxygen atoms in total. The molecule has 0 spiro atoms. The Bertz CT molecular complexity index is 330. The van der Waals surface area contributed by atoms with Crippen LogP contribution in [0.25, 0.3) is 0 Å². The van der Waals surface area contributed by atoms with Crippen LogP contribution in [0, 0.1) is 0 Å². The van der Waals surface area contributed by atoms with Crippen molar-refractivity contribution in [3.63, 3.8) is 0 Å². The second kappa shape index (κ2) is 4.91. The van der Waals surface area contributed by atoms with E-state index < -0.39 is 0 Å². The van der Waals surface area contributed by atoms with E-state index in [9.17, 15) is 4.79 Å². The zero-order chi connectivity index (χ0) is 10.4. The summed E-state index contributed by atoms with van der Waals surface area (Å²) in [4.78, 5) is 11.1. The van der Waals surface area contributed by atoms with Crippen molar-refractivity contribution in [2.45, 2.75) is 6.92 Å². The molecule has 3 N–H and O–H groups in total. The number of hydrogen-bond acceptors (Lipinski definition) is 2. The van der Waals surface area contributed by atoms with Crippen molar-refractivity contribution in [2.75, 3.05) is 5.32 Å². The first-order valence-corrected chi connectivity index (χ1v) is 4.20. The zero-order valence-corrected chi connectivity index (χ0v) is 7.82. The normalized spacial score (nSPS) is 10.1. The standard InChI is InChI=1S/C10H12N2O2/c1-2-7-11-10(14)12-8-3-5-9(13)6-4-8/h2-7,13H,1H3,(H2,11,12,14)/b7-2+. The smallest absolute Gasteiger partial charge is 0.323 e. The Kier molecular flexibility index (Phi) is 3.55. The Balaban J connectivity index is 2.52. The summed E-state index contributed by atoms with van der Waals surface area (Å²) in [5, 5.41) is 14.1. The van der Waals surface area contributed by atoms with Gasteiger partial charge in [0.25, 0.3) is 0 Å². The van der Waals surface area contributed by atoms with Crippen molar-refractivity contribution in [3.8, 4) is 5.75 Å². The SMILES string of the molecule is C/C=C/NC(=O)Nc1ccc(O)cc1. The molecule has 1 aromatic carbocycles. The number of anilines is 1. The molecule has 0 aromatic heterocycles. The monoisotopic (exact) mass is 192 g/mol. The van der Waals surface area contributed by atoms with E-state index in [2.05, 4.69) is 10.6 Å². The van der Waals surface area contributed by atoms with Gasteiger partial charge in [0.1, 0.15) is 5.75 Å². The van der Waals surface area contributed by atoms with E-state index in [-0.39, 0.29) is 11.8 Å². The summed E-state index contributed by atoms with van der Waals surface area (Å²) in [6.07, 6.45) is 3.26. The maximum absolute atomic E-state index is 11.1. The molecule has 2 amide bonds. The fourth-order valence-electron chi connectivity index (χ4n) is 0.871. The average Bonchev–Trinajstić information content (AvgIpc) is 2.18. The minimum atomic E-state index is -0.311. The summed E-state index contributed by atoms with van der Waals surface area (Å²) in [5.41, 5.74) is 0.629. The first-order valence-electron chi connectivity index (χ1n) is 4.20. The summed E-state index contributed by atoms with van der Waals surface area (Å²) >= 11 is 0. The Labute approximate surface area is 82.3 Å². The predicted molar refractivity (Wildman–Crippen MR) is 55.1 cm³/mol. The van der Waals surface area contributed by atoms with E-state index in [1.54, 1.807) is 25.1 Å². The summed E-state index contributed by atoms with van der Waals surface area (Å²) in [7, 11) is 0. The van der Waals surface area contributed by atoms with Gasteiger partial charge in [-0.05, 0) is 31.2 Å². The van der Waals surface area contributed by atoms with Crippen LogP contribution in [0.1, 0.15) is 6.92 Å². The highest BCUT2D eigenvalue weighted by Crippen LogP contribution is 2.13. The number of nitrogens with one attached hydrogen (secondary N) is 2. The lowest BCUT2D eigenvalue weighted by molar-refractivity contribution is 0.255. The van der Waals surface area contributed by atoms with E-state index in [1.165, 1.54) is 18.3 Å². The molecule has 0 saturated carbocycles. The van der Waals surface area contributed by atoms with Crippen LogP contribution in [-0.2, 0) is 0 Å². The van der Waals surface area contributed by atoms with Gasteiger partial charge in [-0.25, -0.2) is 4.79 Å². The number of carbonyl (C=O) groups is 1. The quantitative estimate of drug-likeness (QED) is 0.628. The molecule has 74 valence electrons. The molecule has 0 fully saturated rings. The number of amides is 2. The molecular weight excluding hydrogens is 180 g/mol. The molecule has 0 heterocycles. The number of rotatable bonds is 2. The number of urea groups is 1. The third-order valence-corrected chi connectivity index (χ3v) is 1.51. The molecule has 0 radical (unpaired) electrons. The van der Waals surface area contributed by atoms with Gasteiger partial charge in [-0.2, -0.15) is 0 Å². The highest BCUT2D eigenvalue weighted by atomic mass is 16.3. The maximum atomic E-state index is 11.1. The van der Waals surface area contributed by atoms with Crippen molar-refractivity contribution in [3.05, 3.63) is 36.5 Å². The Morgan fingerprint density at radius 3 is 2.57 bits per heavy atom. The third-order valence-electron chi connectivity index (χ3n) is 1.51. The number of allylic oxidation sites excluding steroid dienone is 1. The fourth-order valence-corrected chi connectivity index (χ4v) is 0.871. The van der Waals surface area contributed by atoms with Crippen LogP contribution in [0.15, 0.2) is 36.5 Å². The molecule has 0 aliphatic rings. The predicted octanol–water partition coefficient (Wildman–Crippen LogP) is 2.05. The van der Waals surface area contributed by atoms with E-state index >= 15 is 0 Å². The van der Waals surface area contributed by atoms with Gasteiger partial charge in [0.2, 0.25) is 0 Å². The molecule has 14 heavy (non-hydrogen) atoms. The van der Waals surface area contributed by atoms with Gasteiger partial charge in [0.15, 0.2) is 0 Å². The molecule has 1 aromatic rings. The van der Waals surface area contributed by atoms with Gasteiger partial charge in [-0.1, -0.05) is 6.08 Å². The van der Waals surface area contributed by atoms with E-state index in [1.807, 2.05) is 0 Å². The zero-order valence-electron chi connectivity index (χ0n) is 7.82. The van der Waals surface area contributed by atoms with Crippen LogP contribution in [0.3, 0.4) is 0 Å². The molecule has 1 rings (SSSR count). The van der Waals surface area contributed by atoms with Crippen LogP contribution >= 0.6 is 0 Å². The molecule has 0 unspecified atom stereocenters. The third kappa shape index (κ3) is 3.18. The molecule has 0 aliphatic heterocycles. The van der Waals surface area contributed by atoms with Gasteiger partial charge in [0, 0.05) is 11.9 Å². The van der Waals surface area contributed by atoms with Crippen molar-refractivity contribution >= 4 is 11.7 Å². The minimum absolute atomic E-state index is 0.171. The van der Waals surface area contributed by atoms with Crippen molar-refractivity contribution < 1.29 is 9.90 Å². The molecule has 4 heteroatoms. The second-order valence-corrected chi connectivity index (χ2v) is 2.65. The van der Waals surface area contributed by atoms with Crippen LogP contribution in [-0.4, -0.2) is 11.1 Å². The Hall–Kier alpha value is -1.97. The average molecular weight is 192 g/mol. The number of phenols is 1. The lowest BCUT2D eigenvalue weighted by Crippen LogP contribution is -2.23. The number of hydrogen-bond donors (Lipinski definition) is 3. The van der Waals surface area contributed by atoms with Gasteiger partial charge < -0.3 is 15.7 Å². The largest absolute Gasteiger partial charge is 0.508 e. The number of aromatic hydroxyl groups is 1. The molecule has 0 bridgehead atoms. The lowest BCUT2D eigenvalue weighted by atomic mass is 10.3. The topological polar surface area (TPSA) is 61.4 Å². The van der Waals surface area contributed by atoms with Gasteiger partial charge >= 0.3 is 6.03 Å². The van der Waals surface area contributed by atoms with E-state index in [0.29, 0.717) is 5.69 Å². The highest BCUT2D eigenvalue weighted by molar-refractivity contribution is 5.89. The van der Waals surface area contributed by atoms with Gasteiger partial charge in [-0.3, -0.25) is 0 Å². The fraction of sp³-hybridized carbons (Fsp3) is 0.100. The van der Waals surface area contributed by atoms with Crippen LogP contribution < -0.4 is 10.6 Å². The van der Waals surface area contributed by atoms with Crippen LogP contribution in [0.2, 0.25) is 0 Å². The second-order valence-electron chi connectivity index (χ2n) is 2.65. The number of phenolic OH excluding ortho intramolecular Hbond substituents is 1. The molecular formula is C10H12N2O2. The van der Waals surface area contributed by atoms with Crippen molar-refractivity contribution in [1.82, 2.24) is 5.32 Å². The van der Waals surface area contributed by atoms with Crippen LogP contribution in [0.4, 0.5) is 10.5 Å². The van der Waals surface area contributed by atoms with E-state index in [4.69, 9.17) is 5.11 Å². The maximum Gasteiger partial charge on any atom is 0.323 e. The number of carbonyl (C=O) groups excluding carboxylic acids is 1. The van der Waals surface area contributed by atoms with Crippen molar-refractivity contribution in [1.29, 1.82) is 0 Å². The molecule has 0 aliphatic carbocycles. The van der Waals surface area contributed by atoms with Gasteiger partial charge in [0.05, 0.1) is 0 Å². The molecule has 0 atom stereocenters. The first kappa shape index (κ1) is 10.1. The summed E-state index contributed by atoms with van der Waals surface area (Å²) in [6, 6.07) is 5.93. The van der Waals surface area contributed by atoms with Crippen LogP contribution in [0.5, 0.6) is 5.75 Å². The first-order chi connectivity index (χ1) is 6.72. The molecule has 0 saturated heterocycles. The number of benzene rings is 1. The summed E-state index contributed by atoms with van der Waals surface area (Å²) < 4.78 is 0. The Morgan fingerprint density at radius 2 is 2.00 bits per heavy atom. The van der Waals surface area contributed by atoms with E-state index in [0.717, 1.165) is 0 Å². The lowest BCUT2D eigenvalue weighted by Gasteiger charge is -2.03. The summed E-state index contributed by atoms with van der Waals surface area (Å²) in [5.74, 6) is 0.171. The highest BCUT2D eigenvalue weighted by Gasteiger charge is 1.97. The minimum Gasteiger partial charge on any atom is -0.508 e. The summed E-state index contributed by atoms with van der Waals surface area (Å²) in [6.45, 7) is 1.81. The van der Waals surface area contributed by atoms with Gasteiger partial charge in [-0.15, -0.1) is 0 Å².